The molecule has 0 spiro atoms. The van der Waals surface area contributed by atoms with E-state index in [0.717, 1.165) is 45.3 Å². The zero-order valence-corrected chi connectivity index (χ0v) is 10.2. The van der Waals surface area contributed by atoms with Gasteiger partial charge in [-0.05, 0) is 38.8 Å². The summed E-state index contributed by atoms with van der Waals surface area (Å²) in [6, 6.07) is 0.0131. The van der Waals surface area contributed by atoms with E-state index in [2.05, 4.69) is 5.32 Å². The number of nitrogens with zero attached hydrogens (tertiary/aromatic N) is 1. The van der Waals surface area contributed by atoms with Crippen LogP contribution in [0.2, 0.25) is 0 Å². The molecule has 0 radical (unpaired) electrons. The predicted molar refractivity (Wildman–Crippen MR) is 63.7 cm³/mol. The van der Waals surface area contributed by atoms with Crippen molar-refractivity contribution in [1.82, 2.24) is 10.2 Å². The van der Waals surface area contributed by atoms with Gasteiger partial charge in [-0.15, -0.1) is 0 Å². The summed E-state index contributed by atoms with van der Waals surface area (Å²) in [6.45, 7) is 2.95. The summed E-state index contributed by atoms with van der Waals surface area (Å²) in [5.74, 6) is 0.0279. The van der Waals surface area contributed by atoms with Crippen LogP contribution in [-0.4, -0.2) is 60.9 Å². The monoisotopic (exact) mass is 242 g/mol. The molecule has 17 heavy (non-hydrogen) atoms. The zero-order valence-electron chi connectivity index (χ0n) is 10.2. The summed E-state index contributed by atoms with van der Waals surface area (Å²) in [6.07, 6.45) is 4.09. The van der Waals surface area contributed by atoms with Gasteiger partial charge in [0.25, 0.3) is 0 Å². The number of ether oxygens (including phenoxy) is 1. The van der Waals surface area contributed by atoms with Gasteiger partial charge in [0.15, 0.2) is 0 Å². The topological polar surface area (TPSA) is 61.8 Å². The number of likely N-dealkylation sites (tertiary alicyclic amines) is 1. The Morgan fingerprint density at radius 2 is 2.12 bits per heavy atom. The van der Waals surface area contributed by atoms with E-state index in [0.29, 0.717) is 0 Å². The standard InChI is InChI=1S/C12H22N2O3/c15-8-10-2-1-7-14(10)12(16)9-17-11-3-5-13-6-4-11/h10-11,13,15H,1-9H2/t10-/m0/s1. The van der Waals surface area contributed by atoms with Crippen LogP contribution in [0.1, 0.15) is 25.7 Å². The van der Waals surface area contributed by atoms with Crippen molar-refractivity contribution >= 4 is 5.91 Å². The van der Waals surface area contributed by atoms with Crippen LogP contribution in [0.15, 0.2) is 0 Å². The molecule has 2 N–H and O–H groups in total. The minimum Gasteiger partial charge on any atom is -0.394 e. The number of hydrogen-bond donors (Lipinski definition) is 2. The van der Waals surface area contributed by atoms with Crippen LogP contribution in [0.4, 0.5) is 0 Å². The van der Waals surface area contributed by atoms with Crippen LogP contribution in [0.3, 0.4) is 0 Å². The van der Waals surface area contributed by atoms with E-state index in [-0.39, 0.29) is 31.3 Å². The molecule has 2 saturated heterocycles. The van der Waals surface area contributed by atoms with Gasteiger partial charge in [-0.2, -0.15) is 0 Å². The highest BCUT2D eigenvalue weighted by Crippen LogP contribution is 2.17. The van der Waals surface area contributed by atoms with Crippen molar-refractivity contribution in [2.45, 2.75) is 37.8 Å². The molecule has 1 amide bonds. The molecule has 0 aromatic heterocycles. The Morgan fingerprint density at radius 1 is 1.35 bits per heavy atom. The molecule has 0 saturated carbocycles. The first-order valence-electron chi connectivity index (χ1n) is 6.54. The molecule has 2 aliphatic heterocycles. The molecule has 0 unspecified atom stereocenters. The van der Waals surface area contributed by atoms with Crippen molar-refractivity contribution in [3.63, 3.8) is 0 Å². The van der Waals surface area contributed by atoms with E-state index in [9.17, 15) is 4.79 Å². The first-order valence-corrected chi connectivity index (χ1v) is 6.54. The summed E-state index contributed by atoms with van der Waals surface area (Å²) in [7, 11) is 0. The van der Waals surface area contributed by atoms with Gasteiger partial charge in [0.1, 0.15) is 6.61 Å². The molecule has 2 rings (SSSR count). The quantitative estimate of drug-likeness (QED) is 0.713. The molecule has 2 fully saturated rings. The lowest BCUT2D eigenvalue weighted by Gasteiger charge is -2.26. The summed E-state index contributed by atoms with van der Waals surface area (Å²) in [4.78, 5) is 13.7. The molecule has 0 aromatic rings. The Labute approximate surface area is 102 Å². The largest absolute Gasteiger partial charge is 0.394 e. The first kappa shape index (κ1) is 12.8. The van der Waals surface area contributed by atoms with Crippen LogP contribution in [-0.2, 0) is 9.53 Å². The molecule has 98 valence electrons. The lowest BCUT2D eigenvalue weighted by atomic mass is 10.1. The molecule has 1 atom stereocenters. The van der Waals surface area contributed by atoms with E-state index >= 15 is 0 Å². The average Bonchev–Trinajstić information content (AvgIpc) is 2.85. The number of nitrogens with one attached hydrogen (secondary N) is 1. The lowest BCUT2D eigenvalue weighted by molar-refractivity contribution is -0.140. The second-order valence-corrected chi connectivity index (χ2v) is 4.83. The molecular weight excluding hydrogens is 220 g/mol. The van der Waals surface area contributed by atoms with E-state index < -0.39 is 0 Å². The van der Waals surface area contributed by atoms with Crippen molar-refractivity contribution in [2.75, 3.05) is 32.8 Å². The van der Waals surface area contributed by atoms with Crippen molar-refractivity contribution in [1.29, 1.82) is 0 Å². The van der Waals surface area contributed by atoms with Gasteiger partial charge in [0.05, 0.1) is 18.8 Å². The zero-order chi connectivity index (χ0) is 12.1. The second-order valence-electron chi connectivity index (χ2n) is 4.83. The third-order valence-electron chi connectivity index (χ3n) is 3.64. The SMILES string of the molecule is O=C(COC1CCNCC1)N1CCC[C@H]1CO. The highest BCUT2D eigenvalue weighted by molar-refractivity contribution is 5.78. The lowest BCUT2D eigenvalue weighted by Crippen LogP contribution is -2.41. The highest BCUT2D eigenvalue weighted by Gasteiger charge is 2.28. The Hall–Kier alpha value is -0.650. The van der Waals surface area contributed by atoms with Crippen molar-refractivity contribution < 1.29 is 14.6 Å². The van der Waals surface area contributed by atoms with E-state index in [1.165, 1.54) is 0 Å². The number of aliphatic hydroxyl groups is 1. The van der Waals surface area contributed by atoms with Crippen LogP contribution >= 0.6 is 0 Å². The average molecular weight is 242 g/mol. The van der Waals surface area contributed by atoms with Crippen LogP contribution < -0.4 is 5.32 Å². The minimum absolute atomic E-state index is 0.0131. The van der Waals surface area contributed by atoms with Crippen LogP contribution in [0.5, 0.6) is 0 Å². The number of rotatable bonds is 4. The maximum atomic E-state index is 11.9. The molecule has 0 aromatic carbocycles. The normalized spacial score (nSPS) is 26.4. The molecule has 0 aliphatic carbocycles. The fourth-order valence-electron chi connectivity index (χ4n) is 2.59. The van der Waals surface area contributed by atoms with E-state index in [4.69, 9.17) is 9.84 Å². The maximum absolute atomic E-state index is 11.9. The minimum atomic E-state index is 0.0131. The second kappa shape index (κ2) is 6.33. The third kappa shape index (κ3) is 3.40. The van der Waals surface area contributed by atoms with Crippen LogP contribution in [0, 0.1) is 0 Å². The number of carbonyl (C=O) groups excluding carboxylic acids is 1. The van der Waals surface area contributed by atoms with Gasteiger partial charge < -0.3 is 20.1 Å². The summed E-state index contributed by atoms with van der Waals surface area (Å²) >= 11 is 0. The smallest absolute Gasteiger partial charge is 0.248 e. The molecule has 2 aliphatic rings. The van der Waals surface area contributed by atoms with Gasteiger partial charge in [-0.3, -0.25) is 4.79 Å². The fraction of sp³-hybridized carbons (Fsp3) is 0.917. The van der Waals surface area contributed by atoms with Gasteiger partial charge in [-0.25, -0.2) is 0 Å². The Kier molecular flexibility index (Phi) is 4.76. The number of amides is 1. The first-order chi connectivity index (χ1) is 8.31. The molecule has 5 heteroatoms. The molecule has 5 nitrogen and oxygen atoms in total. The van der Waals surface area contributed by atoms with Gasteiger partial charge in [-0.1, -0.05) is 0 Å². The van der Waals surface area contributed by atoms with Gasteiger partial charge in [0, 0.05) is 6.54 Å². The van der Waals surface area contributed by atoms with Gasteiger partial charge >= 0.3 is 0 Å². The Balaban J connectivity index is 1.72. The molecule has 0 bridgehead atoms. The van der Waals surface area contributed by atoms with Crippen LogP contribution in [0.25, 0.3) is 0 Å². The van der Waals surface area contributed by atoms with E-state index in [1.807, 2.05) is 0 Å². The molecule has 2 heterocycles. The summed E-state index contributed by atoms with van der Waals surface area (Å²) in [5, 5.41) is 12.4. The van der Waals surface area contributed by atoms with Crippen molar-refractivity contribution in [2.24, 2.45) is 0 Å². The number of piperidine rings is 1. The van der Waals surface area contributed by atoms with Crippen molar-refractivity contribution in [3.8, 4) is 0 Å². The predicted octanol–water partition coefficient (Wildman–Crippen LogP) is -0.262. The summed E-state index contributed by atoms with van der Waals surface area (Å²) < 4.78 is 5.64. The number of carbonyl (C=O) groups is 1. The Bertz CT molecular complexity index is 254. The number of aliphatic hydroxyl groups excluding tert-OH is 1. The third-order valence-corrected chi connectivity index (χ3v) is 3.64. The van der Waals surface area contributed by atoms with E-state index in [1.54, 1.807) is 4.90 Å². The maximum Gasteiger partial charge on any atom is 0.248 e. The fourth-order valence-corrected chi connectivity index (χ4v) is 2.59. The van der Waals surface area contributed by atoms with Gasteiger partial charge in [0.2, 0.25) is 5.91 Å². The summed E-state index contributed by atoms with van der Waals surface area (Å²) in [5.41, 5.74) is 0. The highest BCUT2D eigenvalue weighted by atomic mass is 16.5. The van der Waals surface area contributed by atoms with Crippen molar-refractivity contribution in [3.05, 3.63) is 0 Å². The number of hydrogen-bond acceptors (Lipinski definition) is 4. The molecular formula is C12H22N2O3. The Morgan fingerprint density at radius 3 is 2.82 bits per heavy atom.